The summed E-state index contributed by atoms with van der Waals surface area (Å²) in [7, 11) is 0. The lowest BCUT2D eigenvalue weighted by atomic mass is 9.91. The Morgan fingerprint density at radius 3 is 2.60 bits per heavy atom. The molecule has 2 aromatic heterocycles. The Kier molecular flexibility index (Phi) is 6.64. The van der Waals surface area contributed by atoms with Crippen LogP contribution in [0.1, 0.15) is 44.0 Å². The predicted molar refractivity (Wildman–Crippen MR) is 125 cm³/mol. The first kappa shape index (κ1) is 24.4. The van der Waals surface area contributed by atoms with Gasteiger partial charge < -0.3 is 15.4 Å². The van der Waals surface area contributed by atoms with Gasteiger partial charge in [-0.05, 0) is 70.4 Å². The first-order valence-corrected chi connectivity index (χ1v) is 11.2. The van der Waals surface area contributed by atoms with Crippen LogP contribution in [0.4, 0.5) is 29.5 Å². The standard InChI is InChI=1S/C25H26F3N5O2/c1-24(2,3)35-23(34)31-18-9-10-20-19(13-18)22(33-21(32-20)15-6-5-11-29-14-15)30-17-8-4-7-16(12-17)25(26,27)28/h4-8,11-12,14,18H,9-10,13H2,1-3H3,(H,31,34)(H,30,32,33). The summed E-state index contributed by atoms with van der Waals surface area (Å²) in [5.74, 6) is 0.814. The molecular formula is C25H26F3N5O2. The van der Waals surface area contributed by atoms with Crippen molar-refractivity contribution < 1.29 is 22.7 Å². The van der Waals surface area contributed by atoms with Gasteiger partial charge in [-0.2, -0.15) is 13.2 Å². The number of ether oxygens (including phenoxy) is 1. The molecule has 0 saturated carbocycles. The van der Waals surface area contributed by atoms with Crippen molar-refractivity contribution in [2.45, 2.75) is 57.9 Å². The van der Waals surface area contributed by atoms with Crippen LogP contribution < -0.4 is 10.6 Å². The number of fused-ring (bicyclic) bond motifs is 1. The van der Waals surface area contributed by atoms with Crippen LogP contribution >= 0.6 is 0 Å². The van der Waals surface area contributed by atoms with Gasteiger partial charge in [0.15, 0.2) is 5.82 Å². The Morgan fingerprint density at radius 2 is 1.91 bits per heavy atom. The van der Waals surface area contributed by atoms with Crippen LogP contribution in [0.25, 0.3) is 11.4 Å². The Morgan fingerprint density at radius 1 is 1.11 bits per heavy atom. The van der Waals surface area contributed by atoms with E-state index in [1.54, 1.807) is 45.3 Å². The number of benzene rings is 1. The third kappa shape index (κ3) is 6.26. The van der Waals surface area contributed by atoms with E-state index in [1.807, 2.05) is 6.07 Å². The highest BCUT2D eigenvalue weighted by Gasteiger charge is 2.31. The molecule has 184 valence electrons. The molecule has 0 fully saturated rings. The van der Waals surface area contributed by atoms with Crippen LogP contribution in [-0.2, 0) is 23.8 Å². The quantitative estimate of drug-likeness (QED) is 0.494. The predicted octanol–water partition coefficient (Wildman–Crippen LogP) is 5.68. The average Bonchev–Trinajstić information content (AvgIpc) is 2.78. The average molecular weight is 486 g/mol. The minimum Gasteiger partial charge on any atom is -0.444 e. The molecule has 1 unspecified atom stereocenters. The maximum Gasteiger partial charge on any atom is 0.416 e. The van der Waals surface area contributed by atoms with Crippen molar-refractivity contribution in [3.63, 3.8) is 0 Å². The minimum absolute atomic E-state index is 0.229. The number of hydrogen-bond acceptors (Lipinski definition) is 6. The molecule has 2 heterocycles. The summed E-state index contributed by atoms with van der Waals surface area (Å²) >= 11 is 0. The molecular weight excluding hydrogens is 459 g/mol. The minimum atomic E-state index is -4.47. The Hall–Kier alpha value is -3.69. The highest BCUT2D eigenvalue weighted by atomic mass is 19.4. The lowest BCUT2D eigenvalue weighted by molar-refractivity contribution is -0.137. The van der Waals surface area contributed by atoms with Gasteiger partial charge in [-0.25, -0.2) is 14.8 Å². The van der Waals surface area contributed by atoms with Gasteiger partial charge in [-0.1, -0.05) is 6.07 Å². The molecule has 2 N–H and O–H groups in total. The number of alkyl carbamates (subject to hydrolysis) is 1. The van der Waals surface area contributed by atoms with Gasteiger partial charge >= 0.3 is 12.3 Å². The van der Waals surface area contributed by atoms with E-state index in [-0.39, 0.29) is 11.7 Å². The van der Waals surface area contributed by atoms with E-state index in [1.165, 1.54) is 6.07 Å². The molecule has 3 aromatic rings. The van der Waals surface area contributed by atoms with E-state index in [2.05, 4.69) is 20.6 Å². The molecule has 0 saturated heterocycles. The van der Waals surface area contributed by atoms with Crippen molar-refractivity contribution in [3.8, 4) is 11.4 Å². The highest BCUT2D eigenvalue weighted by molar-refractivity contribution is 5.69. The third-order valence-corrected chi connectivity index (χ3v) is 5.37. The summed E-state index contributed by atoms with van der Waals surface area (Å²) in [6.45, 7) is 5.36. The van der Waals surface area contributed by atoms with Gasteiger partial charge in [0.05, 0.1) is 5.56 Å². The number of hydrogen-bond donors (Lipinski definition) is 2. The molecule has 0 bridgehead atoms. The molecule has 4 rings (SSSR count). The fraction of sp³-hybridized carbons (Fsp3) is 0.360. The number of amides is 1. The van der Waals surface area contributed by atoms with E-state index in [0.717, 1.165) is 23.4 Å². The fourth-order valence-corrected chi connectivity index (χ4v) is 3.85. The maximum absolute atomic E-state index is 13.2. The van der Waals surface area contributed by atoms with Gasteiger partial charge in [-0.15, -0.1) is 0 Å². The second-order valence-corrected chi connectivity index (χ2v) is 9.35. The zero-order chi connectivity index (χ0) is 25.2. The molecule has 1 aliphatic carbocycles. The summed E-state index contributed by atoms with van der Waals surface area (Å²) in [6.07, 6.45) is -0.120. The van der Waals surface area contributed by atoms with Crippen LogP contribution in [0.15, 0.2) is 48.8 Å². The van der Waals surface area contributed by atoms with Crippen LogP contribution in [0.5, 0.6) is 0 Å². The lowest BCUT2D eigenvalue weighted by Crippen LogP contribution is -2.42. The molecule has 10 heteroatoms. The van der Waals surface area contributed by atoms with E-state index < -0.39 is 23.4 Å². The second-order valence-electron chi connectivity index (χ2n) is 9.35. The number of nitrogens with zero attached hydrogens (tertiary/aromatic N) is 3. The Balaban J connectivity index is 1.67. The van der Waals surface area contributed by atoms with Crippen molar-refractivity contribution in [2.24, 2.45) is 0 Å². The largest absolute Gasteiger partial charge is 0.444 e. The number of pyridine rings is 1. The zero-order valence-corrected chi connectivity index (χ0v) is 19.6. The van der Waals surface area contributed by atoms with Crippen molar-refractivity contribution in [2.75, 3.05) is 5.32 Å². The number of carbonyl (C=O) groups excluding carboxylic acids is 1. The van der Waals surface area contributed by atoms with Gasteiger partial charge in [0.1, 0.15) is 11.4 Å². The molecule has 7 nitrogen and oxygen atoms in total. The molecule has 0 spiro atoms. The summed E-state index contributed by atoms with van der Waals surface area (Å²) < 4.78 is 45.1. The van der Waals surface area contributed by atoms with E-state index in [0.29, 0.717) is 36.5 Å². The van der Waals surface area contributed by atoms with Crippen LogP contribution in [0.3, 0.4) is 0 Å². The highest BCUT2D eigenvalue weighted by Crippen LogP contribution is 2.34. The summed E-state index contributed by atoms with van der Waals surface area (Å²) in [5.41, 5.74) is 1.06. The van der Waals surface area contributed by atoms with Crippen molar-refractivity contribution in [1.29, 1.82) is 0 Å². The Labute approximate surface area is 201 Å². The van der Waals surface area contributed by atoms with Gasteiger partial charge in [-0.3, -0.25) is 4.98 Å². The molecule has 1 atom stereocenters. The van der Waals surface area contributed by atoms with Gasteiger partial charge in [0.2, 0.25) is 0 Å². The third-order valence-electron chi connectivity index (χ3n) is 5.37. The molecule has 0 aliphatic heterocycles. The maximum atomic E-state index is 13.2. The van der Waals surface area contributed by atoms with E-state index >= 15 is 0 Å². The van der Waals surface area contributed by atoms with Gasteiger partial charge in [0, 0.05) is 40.9 Å². The van der Waals surface area contributed by atoms with Crippen LogP contribution in [-0.4, -0.2) is 32.7 Å². The van der Waals surface area contributed by atoms with Crippen molar-refractivity contribution >= 4 is 17.6 Å². The molecule has 1 amide bonds. The van der Waals surface area contributed by atoms with Crippen LogP contribution in [0.2, 0.25) is 0 Å². The molecule has 0 radical (unpaired) electrons. The Bertz CT molecular complexity index is 1210. The number of alkyl halides is 3. The second kappa shape index (κ2) is 9.52. The topological polar surface area (TPSA) is 89.0 Å². The van der Waals surface area contributed by atoms with Gasteiger partial charge in [0.25, 0.3) is 0 Å². The number of rotatable bonds is 4. The normalized spacial score (nSPS) is 15.8. The SMILES string of the molecule is CC(C)(C)OC(=O)NC1CCc2nc(-c3cccnc3)nc(Nc3cccc(C(F)(F)F)c3)c2C1. The first-order chi connectivity index (χ1) is 16.5. The summed E-state index contributed by atoms with van der Waals surface area (Å²) in [6, 6.07) is 8.30. The fourth-order valence-electron chi connectivity index (χ4n) is 3.85. The number of halogens is 3. The van der Waals surface area contributed by atoms with Crippen molar-refractivity contribution in [1.82, 2.24) is 20.3 Å². The van der Waals surface area contributed by atoms with E-state index in [4.69, 9.17) is 9.72 Å². The number of anilines is 2. The first-order valence-electron chi connectivity index (χ1n) is 11.2. The van der Waals surface area contributed by atoms with Crippen LogP contribution in [0, 0.1) is 0 Å². The number of nitrogens with one attached hydrogen (secondary N) is 2. The molecule has 35 heavy (non-hydrogen) atoms. The molecule has 1 aliphatic rings. The van der Waals surface area contributed by atoms with Crippen molar-refractivity contribution in [3.05, 3.63) is 65.6 Å². The zero-order valence-electron chi connectivity index (χ0n) is 19.6. The summed E-state index contributed by atoms with van der Waals surface area (Å²) in [4.78, 5) is 25.7. The number of carbonyl (C=O) groups is 1. The van der Waals surface area contributed by atoms with E-state index in [9.17, 15) is 18.0 Å². The lowest BCUT2D eigenvalue weighted by Gasteiger charge is -2.28. The number of aromatic nitrogens is 3. The summed E-state index contributed by atoms with van der Waals surface area (Å²) in [5, 5.41) is 5.93. The monoisotopic (exact) mass is 485 g/mol. The molecule has 1 aromatic carbocycles. The smallest absolute Gasteiger partial charge is 0.416 e. The number of aryl methyl sites for hydroxylation is 1.